The maximum absolute atomic E-state index is 14.1. The van der Waals surface area contributed by atoms with Gasteiger partial charge in [0.25, 0.3) is 0 Å². The smallest absolute Gasteiger partial charge is 0.244 e. The number of ether oxygens (including phenoxy) is 1. The molecule has 0 bridgehead atoms. The van der Waals surface area contributed by atoms with Crippen LogP contribution in [0.1, 0.15) is 36.5 Å². The number of sulfonamides is 1. The molecular formula is C31H39N3O5S. The number of hydrogen-bond acceptors (Lipinski definition) is 5. The average molecular weight is 566 g/mol. The largest absolute Gasteiger partial charge is 0.497 e. The summed E-state index contributed by atoms with van der Waals surface area (Å²) in [6, 6.07) is 22.9. The Balaban J connectivity index is 2.05. The van der Waals surface area contributed by atoms with Gasteiger partial charge in [0, 0.05) is 25.6 Å². The van der Waals surface area contributed by atoms with Gasteiger partial charge in [0.1, 0.15) is 18.3 Å². The number of amides is 2. The van der Waals surface area contributed by atoms with Crippen LogP contribution in [0.15, 0.2) is 78.9 Å². The average Bonchev–Trinajstić information content (AvgIpc) is 2.94. The van der Waals surface area contributed by atoms with E-state index in [1.54, 1.807) is 24.3 Å². The summed E-state index contributed by atoms with van der Waals surface area (Å²) in [5.41, 5.74) is 3.05. The van der Waals surface area contributed by atoms with Crippen LogP contribution in [0.5, 0.6) is 5.75 Å². The van der Waals surface area contributed by atoms with Gasteiger partial charge < -0.3 is 15.0 Å². The number of nitrogens with zero attached hydrogens (tertiary/aromatic N) is 2. The van der Waals surface area contributed by atoms with Crippen LogP contribution in [0.2, 0.25) is 0 Å². The minimum atomic E-state index is -3.85. The summed E-state index contributed by atoms with van der Waals surface area (Å²) < 4.78 is 32.1. The Morgan fingerprint density at radius 3 is 2.33 bits per heavy atom. The third-order valence-corrected chi connectivity index (χ3v) is 7.86. The summed E-state index contributed by atoms with van der Waals surface area (Å²) in [6.45, 7) is 4.17. The van der Waals surface area contributed by atoms with E-state index in [0.29, 0.717) is 18.0 Å². The van der Waals surface area contributed by atoms with E-state index in [1.807, 2.05) is 68.4 Å². The van der Waals surface area contributed by atoms with Gasteiger partial charge in [-0.1, -0.05) is 74.0 Å². The molecule has 0 aliphatic rings. The van der Waals surface area contributed by atoms with Crippen LogP contribution in [0.25, 0.3) is 0 Å². The number of hydrogen-bond donors (Lipinski definition) is 1. The monoisotopic (exact) mass is 565 g/mol. The van der Waals surface area contributed by atoms with Gasteiger partial charge in [-0.25, -0.2) is 8.42 Å². The number of carbonyl (C=O) groups excluding carboxylic acids is 2. The second-order valence-corrected chi connectivity index (χ2v) is 11.7. The molecule has 3 aromatic carbocycles. The van der Waals surface area contributed by atoms with Gasteiger partial charge in [-0.2, -0.15) is 0 Å². The van der Waals surface area contributed by atoms with Crippen LogP contribution in [0, 0.1) is 6.92 Å². The predicted octanol–water partition coefficient (Wildman–Crippen LogP) is 4.33. The number of aryl methyl sites for hydroxylation is 1. The van der Waals surface area contributed by atoms with Gasteiger partial charge in [0.05, 0.1) is 19.1 Å². The minimum Gasteiger partial charge on any atom is -0.497 e. The maximum Gasteiger partial charge on any atom is 0.244 e. The van der Waals surface area contributed by atoms with Crippen LogP contribution < -0.4 is 14.4 Å². The van der Waals surface area contributed by atoms with E-state index in [0.717, 1.165) is 40.1 Å². The minimum absolute atomic E-state index is 0.153. The third kappa shape index (κ3) is 8.58. The van der Waals surface area contributed by atoms with Crippen molar-refractivity contribution in [3.05, 3.63) is 95.6 Å². The van der Waals surface area contributed by atoms with E-state index in [9.17, 15) is 18.0 Å². The van der Waals surface area contributed by atoms with Gasteiger partial charge in [0.2, 0.25) is 21.8 Å². The number of methoxy groups -OCH3 is 1. The Labute approximate surface area is 238 Å². The molecular weight excluding hydrogens is 526 g/mol. The highest BCUT2D eigenvalue weighted by molar-refractivity contribution is 7.92. The lowest BCUT2D eigenvalue weighted by Gasteiger charge is -2.34. The normalized spacial score (nSPS) is 11.9. The molecule has 0 radical (unpaired) electrons. The third-order valence-electron chi connectivity index (χ3n) is 6.72. The topological polar surface area (TPSA) is 96.0 Å². The fourth-order valence-electron chi connectivity index (χ4n) is 4.41. The molecule has 40 heavy (non-hydrogen) atoms. The summed E-state index contributed by atoms with van der Waals surface area (Å²) >= 11 is 0. The van der Waals surface area contributed by atoms with Crippen LogP contribution >= 0.6 is 0 Å². The first kappa shape index (κ1) is 30.7. The SMILES string of the molecule is CCCCNC(=O)[C@@H](Cc1ccccc1)N(Cc1ccccc1C)C(=O)CN(c1cccc(OC)c1)S(C)(=O)=O. The molecule has 3 aromatic rings. The Kier molecular flexibility index (Phi) is 11.1. The molecule has 3 rings (SSSR count). The Morgan fingerprint density at radius 2 is 1.68 bits per heavy atom. The summed E-state index contributed by atoms with van der Waals surface area (Å²) in [6.07, 6.45) is 3.07. The van der Waals surface area contributed by atoms with Crippen molar-refractivity contribution < 1.29 is 22.7 Å². The second-order valence-electron chi connectivity index (χ2n) is 9.77. The highest BCUT2D eigenvalue weighted by Crippen LogP contribution is 2.24. The molecule has 2 amide bonds. The number of unbranched alkanes of at least 4 members (excludes halogenated alkanes) is 1. The zero-order valence-electron chi connectivity index (χ0n) is 23.7. The highest BCUT2D eigenvalue weighted by atomic mass is 32.2. The zero-order valence-corrected chi connectivity index (χ0v) is 24.5. The molecule has 1 N–H and O–H groups in total. The molecule has 0 aliphatic carbocycles. The quantitative estimate of drug-likeness (QED) is 0.294. The molecule has 8 nitrogen and oxygen atoms in total. The number of nitrogens with one attached hydrogen (secondary N) is 1. The van der Waals surface area contributed by atoms with E-state index in [1.165, 1.54) is 12.0 Å². The van der Waals surface area contributed by atoms with E-state index in [2.05, 4.69) is 5.32 Å². The zero-order chi connectivity index (χ0) is 29.1. The first-order valence-corrected chi connectivity index (χ1v) is 15.3. The van der Waals surface area contributed by atoms with Crippen LogP contribution in [0.4, 0.5) is 5.69 Å². The van der Waals surface area contributed by atoms with E-state index >= 15 is 0 Å². The molecule has 0 saturated carbocycles. The molecule has 0 fully saturated rings. The molecule has 0 saturated heterocycles. The van der Waals surface area contributed by atoms with Crippen molar-refractivity contribution >= 4 is 27.5 Å². The van der Waals surface area contributed by atoms with Gasteiger partial charge >= 0.3 is 0 Å². The van der Waals surface area contributed by atoms with Crippen molar-refractivity contribution in [2.45, 2.75) is 45.7 Å². The van der Waals surface area contributed by atoms with Crippen LogP contribution in [-0.2, 0) is 32.6 Å². The lowest BCUT2D eigenvalue weighted by Crippen LogP contribution is -2.53. The molecule has 0 spiro atoms. The van der Waals surface area contributed by atoms with Crippen molar-refractivity contribution in [3.63, 3.8) is 0 Å². The summed E-state index contributed by atoms with van der Waals surface area (Å²) in [4.78, 5) is 29.3. The lowest BCUT2D eigenvalue weighted by molar-refractivity contribution is -0.140. The summed E-state index contributed by atoms with van der Waals surface area (Å²) in [7, 11) is -2.35. The van der Waals surface area contributed by atoms with Crippen molar-refractivity contribution in [1.29, 1.82) is 0 Å². The second kappa shape index (κ2) is 14.5. The molecule has 1 atom stereocenters. The van der Waals surface area contributed by atoms with Crippen LogP contribution in [-0.4, -0.2) is 57.6 Å². The standard InChI is InChI=1S/C31H39N3O5S/c1-5-6-19-32-31(36)29(20-25-14-8-7-9-15-25)33(22-26-16-11-10-13-24(26)2)30(35)23-34(40(4,37)38)27-17-12-18-28(21-27)39-3/h7-18,21,29H,5-6,19-20,22-23H2,1-4H3,(H,32,36)/t29-/m1/s1. The van der Waals surface area contributed by atoms with E-state index < -0.39 is 28.5 Å². The van der Waals surface area contributed by atoms with E-state index in [-0.39, 0.29) is 18.9 Å². The van der Waals surface area contributed by atoms with Crippen molar-refractivity contribution in [3.8, 4) is 5.75 Å². The van der Waals surface area contributed by atoms with Crippen LogP contribution in [0.3, 0.4) is 0 Å². The van der Waals surface area contributed by atoms with Gasteiger partial charge in [0.15, 0.2) is 0 Å². The van der Waals surface area contributed by atoms with Gasteiger partial charge in [-0.15, -0.1) is 0 Å². The molecule has 0 unspecified atom stereocenters. The fraction of sp³-hybridized carbons (Fsp3) is 0.355. The summed E-state index contributed by atoms with van der Waals surface area (Å²) in [5, 5.41) is 2.99. The number of anilines is 1. The molecule has 214 valence electrons. The number of rotatable bonds is 14. The Morgan fingerprint density at radius 1 is 0.975 bits per heavy atom. The first-order valence-electron chi connectivity index (χ1n) is 13.4. The Hall–Kier alpha value is -3.85. The first-order chi connectivity index (χ1) is 19.1. The van der Waals surface area contributed by atoms with Crippen molar-refractivity contribution in [1.82, 2.24) is 10.2 Å². The lowest BCUT2D eigenvalue weighted by atomic mass is 10.0. The highest BCUT2D eigenvalue weighted by Gasteiger charge is 2.33. The van der Waals surface area contributed by atoms with Gasteiger partial charge in [-0.3, -0.25) is 13.9 Å². The Bertz CT molecular complexity index is 1380. The fourth-order valence-corrected chi connectivity index (χ4v) is 5.25. The van der Waals surface area contributed by atoms with E-state index in [4.69, 9.17) is 4.74 Å². The predicted molar refractivity (Wildman–Crippen MR) is 159 cm³/mol. The molecule has 0 heterocycles. The van der Waals surface area contributed by atoms with Gasteiger partial charge in [-0.05, 0) is 42.2 Å². The molecule has 0 aliphatic heterocycles. The summed E-state index contributed by atoms with van der Waals surface area (Å²) in [5.74, 6) is -0.290. The molecule has 0 aromatic heterocycles. The number of benzene rings is 3. The van der Waals surface area contributed by atoms with Crippen molar-refractivity contribution in [2.24, 2.45) is 0 Å². The maximum atomic E-state index is 14.1. The van der Waals surface area contributed by atoms with Crippen molar-refractivity contribution in [2.75, 3.05) is 30.8 Å². The molecule has 9 heteroatoms. The number of carbonyl (C=O) groups is 2.